The van der Waals surface area contributed by atoms with Crippen LogP contribution in [-0.4, -0.2) is 57.7 Å². The van der Waals surface area contributed by atoms with Gasteiger partial charge in [0.1, 0.15) is 0 Å². The largest absolute Gasteiger partial charge is 0.335 e. The summed E-state index contributed by atoms with van der Waals surface area (Å²) in [5.41, 5.74) is 1.96. The number of rotatable bonds is 5. The van der Waals surface area contributed by atoms with Gasteiger partial charge in [-0.15, -0.1) is 0 Å². The number of carbonyl (C=O) groups excluding carboxylic acids is 1. The number of carbonyl (C=O) groups is 1. The van der Waals surface area contributed by atoms with Gasteiger partial charge >= 0.3 is 0 Å². The fourth-order valence-corrected chi connectivity index (χ4v) is 3.99. The summed E-state index contributed by atoms with van der Waals surface area (Å²) < 4.78 is 1.83. The van der Waals surface area contributed by atoms with Crippen LogP contribution in [0.15, 0.2) is 48.8 Å². The van der Waals surface area contributed by atoms with Gasteiger partial charge in [-0.05, 0) is 57.0 Å². The Kier molecular flexibility index (Phi) is 5.16. The molecule has 0 bridgehead atoms. The molecule has 5 nitrogen and oxygen atoms in total. The van der Waals surface area contributed by atoms with Gasteiger partial charge in [0, 0.05) is 37.0 Å². The monoisotopic (exact) mass is 350 g/mol. The van der Waals surface area contributed by atoms with Crippen molar-refractivity contribution in [3.05, 3.63) is 54.4 Å². The van der Waals surface area contributed by atoms with E-state index in [4.69, 9.17) is 0 Å². The van der Waals surface area contributed by atoms with Crippen molar-refractivity contribution in [2.24, 2.45) is 0 Å². The fourth-order valence-electron chi connectivity index (χ4n) is 3.99. The summed E-state index contributed by atoms with van der Waals surface area (Å²) in [6.07, 6.45) is 12.2. The summed E-state index contributed by atoms with van der Waals surface area (Å²) in [5.74, 6) is 0.124. The molecule has 136 valence electrons. The molecule has 0 spiro atoms. The van der Waals surface area contributed by atoms with Gasteiger partial charge in [-0.25, -0.2) is 4.68 Å². The van der Waals surface area contributed by atoms with E-state index in [1.54, 1.807) is 12.3 Å². The second-order valence-electron chi connectivity index (χ2n) is 7.22. The van der Waals surface area contributed by atoms with E-state index >= 15 is 0 Å². The lowest BCUT2D eigenvalue weighted by molar-refractivity contribution is -0.127. The molecular weight excluding hydrogens is 324 g/mol. The summed E-state index contributed by atoms with van der Waals surface area (Å²) in [6.45, 7) is 4.29. The molecule has 1 atom stereocenters. The van der Waals surface area contributed by atoms with Crippen molar-refractivity contribution in [1.29, 1.82) is 0 Å². The summed E-state index contributed by atoms with van der Waals surface area (Å²) in [4.78, 5) is 17.2. The second kappa shape index (κ2) is 7.87. The van der Waals surface area contributed by atoms with Gasteiger partial charge in [-0.3, -0.25) is 4.79 Å². The average Bonchev–Trinajstić information content (AvgIpc) is 3.43. The maximum Gasteiger partial charge on any atom is 0.246 e. The molecular formula is C21H26N4O. The van der Waals surface area contributed by atoms with Crippen LogP contribution >= 0.6 is 0 Å². The number of amides is 1. The van der Waals surface area contributed by atoms with E-state index < -0.39 is 0 Å². The van der Waals surface area contributed by atoms with Crippen molar-refractivity contribution in [2.75, 3.05) is 26.2 Å². The van der Waals surface area contributed by atoms with Gasteiger partial charge in [-0.2, -0.15) is 5.10 Å². The molecule has 0 N–H and O–H groups in total. The van der Waals surface area contributed by atoms with E-state index in [0.29, 0.717) is 6.04 Å². The molecule has 1 unspecified atom stereocenters. The minimum Gasteiger partial charge on any atom is -0.335 e. The van der Waals surface area contributed by atoms with Gasteiger partial charge in [0.05, 0.1) is 11.9 Å². The molecule has 1 aromatic heterocycles. The summed E-state index contributed by atoms with van der Waals surface area (Å²) in [5, 5.41) is 4.38. The van der Waals surface area contributed by atoms with Crippen LogP contribution in [0.4, 0.5) is 0 Å². The molecule has 1 amide bonds. The van der Waals surface area contributed by atoms with E-state index in [0.717, 1.165) is 37.2 Å². The molecule has 2 aliphatic rings. The molecule has 0 saturated carbocycles. The molecule has 1 aromatic carbocycles. The van der Waals surface area contributed by atoms with E-state index in [1.165, 1.54) is 25.9 Å². The third-order valence-electron chi connectivity index (χ3n) is 5.37. The highest BCUT2D eigenvalue weighted by Crippen LogP contribution is 2.21. The van der Waals surface area contributed by atoms with Crippen molar-refractivity contribution in [1.82, 2.24) is 19.6 Å². The highest BCUT2D eigenvalue weighted by molar-refractivity contribution is 5.92. The van der Waals surface area contributed by atoms with Gasteiger partial charge in [0.15, 0.2) is 0 Å². The zero-order valence-electron chi connectivity index (χ0n) is 15.1. The molecule has 2 aromatic rings. The van der Waals surface area contributed by atoms with Crippen molar-refractivity contribution < 1.29 is 4.79 Å². The fraction of sp³-hybridized carbons (Fsp3) is 0.429. The molecule has 26 heavy (non-hydrogen) atoms. The Morgan fingerprint density at radius 2 is 1.92 bits per heavy atom. The maximum atomic E-state index is 12.7. The molecule has 2 aliphatic heterocycles. The van der Waals surface area contributed by atoms with Crippen LogP contribution in [0.3, 0.4) is 0 Å². The number of aromatic nitrogens is 2. The van der Waals surface area contributed by atoms with Crippen molar-refractivity contribution in [2.45, 2.75) is 31.7 Å². The lowest BCUT2D eigenvalue weighted by atomic mass is 10.2. The van der Waals surface area contributed by atoms with Crippen LogP contribution in [0.2, 0.25) is 0 Å². The van der Waals surface area contributed by atoms with Gasteiger partial charge in [-0.1, -0.05) is 18.2 Å². The molecule has 0 aliphatic carbocycles. The van der Waals surface area contributed by atoms with Crippen LogP contribution in [-0.2, 0) is 4.79 Å². The number of hydrogen-bond acceptors (Lipinski definition) is 3. The van der Waals surface area contributed by atoms with E-state index in [1.807, 2.05) is 47.3 Å². The first-order valence-corrected chi connectivity index (χ1v) is 9.61. The first kappa shape index (κ1) is 17.0. The number of para-hydroxylation sites is 1. The Hall–Kier alpha value is -2.40. The van der Waals surface area contributed by atoms with Crippen molar-refractivity contribution in [3.63, 3.8) is 0 Å². The first-order chi connectivity index (χ1) is 12.8. The normalized spacial score (nSPS) is 21.1. The van der Waals surface area contributed by atoms with Crippen molar-refractivity contribution >= 4 is 12.0 Å². The Morgan fingerprint density at radius 3 is 2.73 bits per heavy atom. The number of likely N-dealkylation sites (tertiary alicyclic amines) is 2. The second-order valence-corrected chi connectivity index (χ2v) is 7.22. The van der Waals surface area contributed by atoms with Gasteiger partial charge in [0.25, 0.3) is 0 Å². The predicted octanol–water partition coefficient (Wildman–Crippen LogP) is 2.97. The smallest absolute Gasteiger partial charge is 0.246 e. The minimum atomic E-state index is 0.124. The van der Waals surface area contributed by atoms with Crippen LogP contribution in [0.25, 0.3) is 11.8 Å². The van der Waals surface area contributed by atoms with Crippen LogP contribution in [0.5, 0.6) is 0 Å². The first-order valence-electron chi connectivity index (χ1n) is 9.61. The van der Waals surface area contributed by atoms with E-state index in [9.17, 15) is 4.79 Å². The average molecular weight is 350 g/mol. The van der Waals surface area contributed by atoms with E-state index in [-0.39, 0.29) is 5.91 Å². The topological polar surface area (TPSA) is 41.4 Å². The van der Waals surface area contributed by atoms with Crippen molar-refractivity contribution in [3.8, 4) is 5.69 Å². The Bertz CT molecular complexity index is 761. The number of benzene rings is 1. The zero-order chi connectivity index (χ0) is 17.8. The Labute approximate surface area is 154 Å². The van der Waals surface area contributed by atoms with Crippen LogP contribution in [0.1, 0.15) is 31.2 Å². The molecule has 3 heterocycles. The molecule has 2 saturated heterocycles. The number of hydrogen-bond donors (Lipinski definition) is 0. The zero-order valence-corrected chi connectivity index (χ0v) is 15.1. The van der Waals surface area contributed by atoms with Gasteiger partial charge < -0.3 is 9.80 Å². The molecule has 2 fully saturated rings. The Balaban J connectivity index is 1.38. The SMILES string of the molecule is O=C(/C=C/c1cnn(-c2ccccc2)c1)N1CCCC1CN1CCCC1. The standard InChI is InChI=1S/C21H26N4O/c26-21(24-14-6-9-20(24)17-23-12-4-5-13-23)11-10-18-15-22-25(16-18)19-7-2-1-3-8-19/h1-3,7-8,10-11,15-16,20H,4-6,9,12-14,17H2/b11-10+. The quantitative estimate of drug-likeness (QED) is 0.779. The van der Waals surface area contributed by atoms with Gasteiger partial charge in [0.2, 0.25) is 5.91 Å². The highest BCUT2D eigenvalue weighted by atomic mass is 16.2. The summed E-state index contributed by atoms with van der Waals surface area (Å²) >= 11 is 0. The number of nitrogens with zero attached hydrogens (tertiary/aromatic N) is 4. The maximum absolute atomic E-state index is 12.7. The third-order valence-corrected chi connectivity index (χ3v) is 5.37. The predicted molar refractivity (Wildman–Crippen MR) is 103 cm³/mol. The lowest BCUT2D eigenvalue weighted by Crippen LogP contribution is -2.41. The van der Waals surface area contributed by atoms with Crippen LogP contribution < -0.4 is 0 Å². The highest BCUT2D eigenvalue weighted by Gasteiger charge is 2.29. The lowest BCUT2D eigenvalue weighted by Gasteiger charge is -2.27. The minimum absolute atomic E-state index is 0.124. The summed E-state index contributed by atoms with van der Waals surface area (Å²) in [6, 6.07) is 10.4. The molecule has 5 heteroatoms. The molecule has 0 radical (unpaired) electrons. The Morgan fingerprint density at radius 1 is 1.12 bits per heavy atom. The summed E-state index contributed by atoms with van der Waals surface area (Å²) in [7, 11) is 0. The molecule has 4 rings (SSSR count). The third kappa shape index (κ3) is 3.88. The van der Waals surface area contributed by atoms with E-state index in [2.05, 4.69) is 14.9 Å². The van der Waals surface area contributed by atoms with Crippen LogP contribution in [0, 0.1) is 0 Å².